The Bertz CT molecular complexity index is 1730. The maximum Gasteiger partial charge on any atom is 0.264 e. The molecule has 0 radical (unpaired) electrons. The molecule has 0 bridgehead atoms. The van der Waals surface area contributed by atoms with Gasteiger partial charge in [0, 0.05) is 25.1 Å². The molecule has 4 rings (SSSR count). The Labute approximate surface area is 277 Å². The Morgan fingerprint density at radius 1 is 0.872 bits per heavy atom. The van der Waals surface area contributed by atoms with Crippen molar-refractivity contribution in [3.8, 4) is 5.75 Å². The zero-order valence-electron chi connectivity index (χ0n) is 27.2. The summed E-state index contributed by atoms with van der Waals surface area (Å²) in [6.07, 6.45) is 0.140. The van der Waals surface area contributed by atoms with Gasteiger partial charge in [-0.25, -0.2) is 12.8 Å². The topological polar surface area (TPSA) is 96.0 Å². The van der Waals surface area contributed by atoms with E-state index in [1.807, 2.05) is 58.0 Å². The first-order chi connectivity index (χ1) is 22.5. The van der Waals surface area contributed by atoms with Gasteiger partial charge in [0.15, 0.2) is 0 Å². The van der Waals surface area contributed by atoms with Crippen molar-refractivity contribution in [2.75, 3.05) is 24.0 Å². The molecule has 0 fully saturated rings. The number of rotatable bonds is 15. The van der Waals surface area contributed by atoms with Crippen LogP contribution in [0.5, 0.6) is 5.75 Å². The fourth-order valence-electron chi connectivity index (χ4n) is 5.03. The van der Waals surface area contributed by atoms with Crippen LogP contribution < -0.4 is 14.4 Å². The number of aryl methyl sites for hydroxylation is 1. The van der Waals surface area contributed by atoms with Gasteiger partial charge in [0.1, 0.15) is 24.2 Å². The summed E-state index contributed by atoms with van der Waals surface area (Å²) >= 11 is 0. The van der Waals surface area contributed by atoms with Crippen LogP contribution in [0, 0.1) is 18.7 Å². The molecule has 10 heteroatoms. The number of carbonyl (C=O) groups excluding carboxylic acids is 2. The monoisotopic (exact) mass is 659 g/mol. The van der Waals surface area contributed by atoms with E-state index in [4.69, 9.17) is 4.74 Å². The third-order valence-electron chi connectivity index (χ3n) is 7.58. The van der Waals surface area contributed by atoms with Gasteiger partial charge in [-0.15, -0.1) is 0 Å². The zero-order valence-corrected chi connectivity index (χ0v) is 28.0. The van der Waals surface area contributed by atoms with E-state index in [0.717, 1.165) is 15.4 Å². The summed E-state index contributed by atoms with van der Waals surface area (Å²) in [7, 11) is -4.28. The van der Waals surface area contributed by atoms with E-state index in [1.54, 1.807) is 54.6 Å². The normalized spacial score (nSPS) is 12.0. The second-order valence-corrected chi connectivity index (χ2v) is 13.6. The molecule has 1 atom stereocenters. The van der Waals surface area contributed by atoms with Crippen molar-refractivity contribution < 1.29 is 27.1 Å². The SMILES string of the molecule is CCOc1ccc(S(=O)(=O)N(CC(=O)N(Cc2ccccc2F)[C@@H](Cc2ccccc2)C(=O)NCC(C)C)c2ccc(C)cc2)cc1. The Balaban J connectivity index is 1.79. The van der Waals surface area contributed by atoms with Crippen LogP contribution in [0.3, 0.4) is 0 Å². The van der Waals surface area contributed by atoms with E-state index in [9.17, 15) is 18.0 Å². The number of hydrogen-bond acceptors (Lipinski definition) is 5. The number of sulfonamides is 1. The van der Waals surface area contributed by atoms with Gasteiger partial charge >= 0.3 is 0 Å². The number of nitrogens with zero attached hydrogens (tertiary/aromatic N) is 2. The lowest BCUT2D eigenvalue weighted by molar-refractivity contribution is -0.140. The minimum absolute atomic E-state index is 0.0366. The van der Waals surface area contributed by atoms with Crippen LogP contribution in [-0.2, 0) is 32.6 Å². The maximum absolute atomic E-state index is 15.1. The molecule has 4 aromatic rings. The van der Waals surface area contributed by atoms with E-state index in [-0.39, 0.29) is 35.0 Å². The second kappa shape index (κ2) is 16.2. The summed E-state index contributed by atoms with van der Waals surface area (Å²) in [6, 6.07) is 27.0. The van der Waals surface area contributed by atoms with Crippen LogP contribution in [0.2, 0.25) is 0 Å². The van der Waals surface area contributed by atoms with Crippen LogP contribution >= 0.6 is 0 Å². The molecule has 2 amide bonds. The summed E-state index contributed by atoms with van der Waals surface area (Å²) in [5, 5.41) is 2.93. The molecule has 8 nitrogen and oxygen atoms in total. The largest absolute Gasteiger partial charge is 0.494 e. The van der Waals surface area contributed by atoms with Crippen LogP contribution in [0.15, 0.2) is 108 Å². The predicted octanol–water partition coefficient (Wildman–Crippen LogP) is 6.14. The van der Waals surface area contributed by atoms with Crippen molar-refractivity contribution in [3.63, 3.8) is 0 Å². The zero-order chi connectivity index (χ0) is 34.0. The highest BCUT2D eigenvalue weighted by Crippen LogP contribution is 2.27. The third-order valence-corrected chi connectivity index (χ3v) is 9.37. The first-order valence-corrected chi connectivity index (χ1v) is 17.1. The van der Waals surface area contributed by atoms with Crippen molar-refractivity contribution in [2.45, 2.75) is 51.6 Å². The van der Waals surface area contributed by atoms with E-state index < -0.39 is 40.2 Å². The Kier molecular flexibility index (Phi) is 12.1. The Morgan fingerprint density at radius 3 is 2.13 bits per heavy atom. The molecule has 0 aliphatic carbocycles. The smallest absolute Gasteiger partial charge is 0.264 e. The fourth-order valence-corrected chi connectivity index (χ4v) is 6.44. The van der Waals surface area contributed by atoms with Gasteiger partial charge in [0.25, 0.3) is 10.0 Å². The number of anilines is 1. The molecule has 0 aromatic heterocycles. The molecule has 4 aromatic carbocycles. The summed E-state index contributed by atoms with van der Waals surface area (Å²) in [5.41, 5.74) is 2.17. The molecular formula is C37H42FN3O5S. The predicted molar refractivity (Wildman–Crippen MR) is 182 cm³/mol. The molecule has 248 valence electrons. The van der Waals surface area contributed by atoms with Gasteiger partial charge < -0.3 is 15.0 Å². The first kappa shape index (κ1) is 35.2. The minimum atomic E-state index is -4.28. The average Bonchev–Trinajstić information content (AvgIpc) is 3.06. The summed E-state index contributed by atoms with van der Waals surface area (Å²) < 4.78 is 50.0. The van der Waals surface area contributed by atoms with Gasteiger partial charge in [0.05, 0.1) is 17.2 Å². The van der Waals surface area contributed by atoms with E-state index >= 15 is 4.39 Å². The van der Waals surface area contributed by atoms with Gasteiger partial charge in [-0.1, -0.05) is 80.1 Å². The van der Waals surface area contributed by atoms with Gasteiger partial charge in [0.2, 0.25) is 11.8 Å². The van der Waals surface area contributed by atoms with Gasteiger partial charge in [-0.3, -0.25) is 13.9 Å². The molecular weight excluding hydrogens is 617 g/mol. The summed E-state index contributed by atoms with van der Waals surface area (Å²) in [5.74, 6) is -0.962. The molecule has 1 N–H and O–H groups in total. The average molecular weight is 660 g/mol. The fraction of sp³-hybridized carbons (Fsp3) is 0.297. The Morgan fingerprint density at radius 2 is 1.51 bits per heavy atom. The third kappa shape index (κ3) is 9.42. The number of nitrogens with one attached hydrogen (secondary N) is 1. The van der Waals surface area contributed by atoms with Crippen molar-refractivity contribution in [1.29, 1.82) is 0 Å². The molecule has 0 saturated heterocycles. The van der Waals surface area contributed by atoms with Gasteiger partial charge in [-0.2, -0.15) is 0 Å². The van der Waals surface area contributed by atoms with Crippen molar-refractivity contribution in [3.05, 3.63) is 126 Å². The number of hydrogen-bond donors (Lipinski definition) is 1. The lowest BCUT2D eigenvalue weighted by Gasteiger charge is -2.34. The standard InChI is InChI=1S/C37H42FN3O5S/c1-5-46-32-19-21-33(22-20-32)47(44,45)41(31-17-15-28(4)16-18-31)26-36(42)40(25-30-13-9-10-14-34(30)38)35(37(43)39-24-27(2)3)23-29-11-7-6-8-12-29/h6-22,27,35H,5,23-26H2,1-4H3,(H,39,43)/t35-/m0/s1. The quantitative estimate of drug-likeness (QED) is 0.166. The molecule has 0 spiro atoms. The Hall–Kier alpha value is -4.70. The van der Waals surface area contributed by atoms with Gasteiger partial charge in [-0.05, 0) is 67.8 Å². The van der Waals surface area contributed by atoms with Crippen molar-refractivity contribution in [2.24, 2.45) is 5.92 Å². The molecule has 0 aliphatic heterocycles. The highest BCUT2D eigenvalue weighted by molar-refractivity contribution is 7.92. The number of benzene rings is 4. The molecule has 0 heterocycles. The number of halogens is 1. The number of amides is 2. The molecule has 0 unspecified atom stereocenters. The van der Waals surface area contributed by atoms with Crippen molar-refractivity contribution in [1.82, 2.24) is 10.2 Å². The van der Waals surface area contributed by atoms with Crippen LogP contribution in [0.4, 0.5) is 10.1 Å². The van der Waals surface area contributed by atoms with Crippen LogP contribution in [-0.4, -0.2) is 50.9 Å². The van der Waals surface area contributed by atoms with E-state index in [2.05, 4.69) is 5.32 Å². The number of ether oxygens (including phenoxy) is 1. The molecule has 0 saturated carbocycles. The maximum atomic E-state index is 15.1. The minimum Gasteiger partial charge on any atom is -0.494 e. The molecule has 47 heavy (non-hydrogen) atoms. The van der Waals surface area contributed by atoms with Crippen LogP contribution in [0.25, 0.3) is 0 Å². The highest BCUT2D eigenvalue weighted by Gasteiger charge is 2.35. The summed E-state index contributed by atoms with van der Waals surface area (Å²) in [6.45, 7) is 7.53. The van der Waals surface area contributed by atoms with Crippen LogP contribution in [0.1, 0.15) is 37.5 Å². The molecule has 0 aliphatic rings. The van der Waals surface area contributed by atoms with E-state index in [1.165, 1.54) is 23.1 Å². The number of carbonyl (C=O) groups is 2. The second-order valence-electron chi connectivity index (χ2n) is 11.7. The lowest BCUT2D eigenvalue weighted by atomic mass is 10.0. The van der Waals surface area contributed by atoms with Crippen molar-refractivity contribution >= 4 is 27.5 Å². The first-order valence-electron chi connectivity index (χ1n) is 15.7. The summed E-state index contributed by atoms with van der Waals surface area (Å²) in [4.78, 5) is 29.6. The highest BCUT2D eigenvalue weighted by atomic mass is 32.2. The van der Waals surface area contributed by atoms with E-state index in [0.29, 0.717) is 18.9 Å². The lowest BCUT2D eigenvalue weighted by Crippen LogP contribution is -2.53.